The van der Waals surface area contributed by atoms with Crippen LogP contribution in [0.1, 0.15) is 32.4 Å². The highest BCUT2D eigenvalue weighted by Crippen LogP contribution is 2.32. The van der Waals surface area contributed by atoms with Crippen LogP contribution in [0.5, 0.6) is 5.75 Å². The van der Waals surface area contributed by atoms with E-state index >= 15 is 0 Å². The van der Waals surface area contributed by atoms with Crippen molar-refractivity contribution in [3.63, 3.8) is 0 Å². The zero-order valence-corrected chi connectivity index (χ0v) is 9.00. The number of hydrogen-bond donors (Lipinski definition) is 1. The van der Waals surface area contributed by atoms with E-state index in [2.05, 4.69) is 38.2 Å². The molecule has 0 aliphatic carbocycles. The Hall–Kier alpha value is -1.02. The molecule has 0 amide bonds. The Morgan fingerprint density at radius 2 is 2.00 bits per heavy atom. The Labute approximate surface area is 85.3 Å². The minimum atomic E-state index is 0.130. The van der Waals surface area contributed by atoms with E-state index in [0.717, 1.165) is 12.4 Å². The van der Waals surface area contributed by atoms with Crippen molar-refractivity contribution in [2.45, 2.75) is 32.4 Å². The van der Waals surface area contributed by atoms with Crippen molar-refractivity contribution in [2.24, 2.45) is 0 Å². The van der Waals surface area contributed by atoms with Gasteiger partial charge in [-0.3, -0.25) is 0 Å². The molecule has 1 atom stereocenters. The molecule has 1 aromatic rings. The van der Waals surface area contributed by atoms with Crippen LogP contribution in [-0.4, -0.2) is 12.1 Å². The summed E-state index contributed by atoms with van der Waals surface area (Å²) in [5.41, 5.74) is 1.41. The van der Waals surface area contributed by atoms with E-state index < -0.39 is 0 Å². The van der Waals surface area contributed by atoms with Crippen molar-refractivity contribution in [2.75, 3.05) is 6.61 Å². The standard InChI is InChI=1S/C12H17NO/c1-12(2,3)13-10-8-14-11-7-5-4-6-9(10)11/h4-7,10,13H,8H2,1-3H3. The highest BCUT2D eigenvalue weighted by Gasteiger charge is 2.26. The van der Waals surface area contributed by atoms with Crippen molar-refractivity contribution in [3.8, 4) is 5.75 Å². The van der Waals surface area contributed by atoms with Crippen molar-refractivity contribution in [1.29, 1.82) is 0 Å². The molecule has 1 aliphatic rings. The maximum Gasteiger partial charge on any atom is 0.124 e. The number of benzene rings is 1. The molecule has 2 rings (SSSR count). The number of ether oxygens (including phenoxy) is 1. The minimum absolute atomic E-state index is 0.130. The predicted molar refractivity (Wildman–Crippen MR) is 57.6 cm³/mol. The van der Waals surface area contributed by atoms with Crippen LogP contribution in [0.25, 0.3) is 0 Å². The Bertz CT molecular complexity index is 327. The van der Waals surface area contributed by atoms with E-state index in [-0.39, 0.29) is 5.54 Å². The van der Waals surface area contributed by atoms with Gasteiger partial charge in [0.05, 0.1) is 6.04 Å². The molecule has 14 heavy (non-hydrogen) atoms. The van der Waals surface area contributed by atoms with E-state index in [1.54, 1.807) is 0 Å². The van der Waals surface area contributed by atoms with Gasteiger partial charge in [-0.05, 0) is 26.8 Å². The summed E-state index contributed by atoms with van der Waals surface area (Å²) >= 11 is 0. The lowest BCUT2D eigenvalue weighted by Gasteiger charge is -2.25. The number of nitrogens with one attached hydrogen (secondary N) is 1. The van der Waals surface area contributed by atoms with Gasteiger partial charge in [0.15, 0.2) is 0 Å². The van der Waals surface area contributed by atoms with Gasteiger partial charge < -0.3 is 10.1 Å². The van der Waals surface area contributed by atoms with Crippen LogP contribution < -0.4 is 10.1 Å². The topological polar surface area (TPSA) is 21.3 Å². The van der Waals surface area contributed by atoms with E-state index in [4.69, 9.17) is 4.74 Å². The van der Waals surface area contributed by atoms with Gasteiger partial charge in [-0.15, -0.1) is 0 Å². The summed E-state index contributed by atoms with van der Waals surface area (Å²) in [5.74, 6) is 1.02. The maximum absolute atomic E-state index is 5.59. The molecule has 0 radical (unpaired) electrons. The van der Waals surface area contributed by atoms with E-state index in [1.807, 2.05) is 12.1 Å². The highest BCUT2D eigenvalue weighted by atomic mass is 16.5. The average molecular weight is 191 g/mol. The molecule has 2 nitrogen and oxygen atoms in total. The SMILES string of the molecule is CC(C)(C)NC1COc2ccccc21. The Morgan fingerprint density at radius 1 is 1.29 bits per heavy atom. The molecule has 0 bridgehead atoms. The number of hydrogen-bond acceptors (Lipinski definition) is 2. The van der Waals surface area contributed by atoms with Crippen molar-refractivity contribution >= 4 is 0 Å². The molecule has 0 aromatic heterocycles. The van der Waals surface area contributed by atoms with Gasteiger partial charge in [-0.25, -0.2) is 0 Å². The van der Waals surface area contributed by atoms with Gasteiger partial charge in [0.25, 0.3) is 0 Å². The average Bonchev–Trinajstić information content (AvgIpc) is 2.47. The molecule has 1 aliphatic heterocycles. The van der Waals surface area contributed by atoms with E-state index in [1.165, 1.54) is 5.56 Å². The van der Waals surface area contributed by atoms with Crippen molar-refractivity contribution < 1.29 is 4.74 Å². The summed E-state index contributed by atoms with van der Waals surface area (Å²) < 4.78 is 5.59. The summed E-state index contributed by atoms with van der Waals surface area (Å²) in [5, 5.41) is 3.55. The van der Waals surface area contributed by atoms with E-state index in [0.29, 0.717) is 6.04 Å². The second-order valence-electron chi connectivity index (χ2n) is 4.80. The van der Waals surface area contributed by atoms with Crippen molar-refractivity contribution in [1.82, 2.24) is 5.32 Å². The van der Waals surface area contributed by atoms with E-state index in [9.17, 15) is 0 Å². The van der Waals surface area contributed by atoms with Crippen LogP contribution in [-0.2, 0) is 0 Å². The summed E-state index contributed by atoms with van der Waals surface area (Å²) in [6.45, 7) is 7.27. The van der Waals surface area contributed by atoms with Crippen LogP contribution in [0, 0.1) is 0 Å². The maximum atomic E-state index is 5.59. The van der Waals surface area contributed by atoms with Crippen LogP contribution in [0.4, 0.5) is 0 Å². The Morgan fingerprint density at radius 3 is 2.71 bits per heavy atom. The van der Waals surface area contributed by atoms with Gasteiger partial charge in [0, 0.05) is 11.1 Å². The first-order chi connectivity index (χ1) is 6.56. The van der Waals surface area contributed by atoms with Gasteiger partial charge >= 0.3 is 0 Å². The number of fused-ring (bicyclic) bond motifs is 1. The van der Waals surface area contributed by atoms with Gasteiger partial charge in [-0.1, -0.05) is 18.2 Å². The number of rotatable bonds is 1. The third-order valence-corrected chi connectivity index (χ3v) is 2.31. The molecule has 1 N–H and O–H groups in total. The molecule has 76 valence electrons. The number of para-hydroxylation sites is 1. The molecule has 0 spiro atoms. The smallest absolute Gasteiger partial charge is 0.124 e. The summed E-state index contributed by atoms with van der Waals surface area (Å²) in [4.78, 5) is 0. The molecule has 1 aromatic carbocycles. The Balaban J connectivity index is 2.18. The highest BCUT2D eigenvalue weighted by molar-refractivity contribution is 5.39. The molecular formula is C12H17NO. The van der Waals surface area contributed by atoms with Gasteiger partial charge in [0.2, 0.25) is 0 Å². The largest absolute Gasteiger partial charge is 0.491 e. The normalized spacial score (nSPS) is 20.4. The molecule has 0 saturated heterocycles. The molecule has 2 heteroatoms. The Kier molecular flexibility index (Phi) is 2.23. The quantitative estimate of drug-likeness (QED) is 0.736. The first-order valence-electron chi connectivity index (χ1n) is 5.06. The minimum Gasteiger partial charge on any atom is -0.491 e. The summed E-state index contributed by atoms with van der Waals surface area (Å²) in [7, 11) is 0. The molecule has 0 fully saturated rings. The zero-order chi connectivity index (χ0) is 10.2. The van der Waals surface area contributed by atoms with Crippen LogP contribution in [0.2, 0.25) is 0 Å². The molecule has 1 heterocycles. The van der Waals surface area contributed by atoms with Gasteiger partial charge in [0.1, 0.15) is 12.4 Å². The fourth-order valence-corrected chi connectivity index (χ4v) is 1.80. The monoisotopic (exact) mass is 191 g/mol. The fourth-order valence-electron chi connectivity index (χ4n) is 1.80. The zero-order valence-electron chi connectivity index (χ0n) is 9.00. The lowest BCUT2D eigenvalue weighted by Crippen LogP contribution is -2.39. The summed E-state index contributed by atoms with van der Waals surface area (Å²) in [6.07, 6.45) is 0. The third kappa shape index (κ3) is 1.90. The molecular weight excluding hydrogens is 174 g/mol. The van der Waals surface area contributed by atoms with Gasteiger partial charge in [-0.2, -0.15) is 0 Å². The molecule has 1 unspecified atom stereocenters. The van der Waals surface area contributed by atoms with Crippen LogP contribution in [0.3, 0.4) is 0 Å². The fraction of sp³-hybridized carbons (Fsp3) is 0.500. The first kappa shape index (κ1) is 9.53. The first-order valence-corrected chi connectivity index (χ1v) is 5.06. The second kappa shape index (κ2) is 3.28. The molecule has 0 saturated carbocycles. The second-order valence-corrected chi connectivity index (χ2v) is 4.80. The lowest BCUT2D eigenvalue weighted by molar-refractivity contribution is 0.275. The van der Waals surface area contributed by atoms with Crippen molar-refractivity contribution in [3.05, 3.63) is 29.8 Å². The van der Waals surface area contributed by atoms with Crippen LogP contribution >= 0.6 is 0 Å². The third-order valence-electron chi connectivity index (χ3n) is 2.31. The lowest BCUT2D eigenvalue weighted by atomic mass is 10.0. The van der Waals surface area contributed by atoms with Crippen LogP contribution in [0.15, 0.2) is 24.3 Å². The summed E-state index contributed by atoms with van der Waals surface area (Å²) in [6, 6.07) is 8.57. The predicted octanol–water partition coefficient (Wildman–Crippen LogP) is 2.51.